The van der Waals surface area contributed by atoms with Crippen LogP contribution in [0.1, 0.15) is 19.3 Å². The van der Waals surface area contributed by atoms with Gasteiger partial charge in [-0.2, -0.15) is 5.26 Å². The summed E-state index contributed by atoms with van der Waals surface area (Å²) in [5, 5.41) is 10.9. The van der Waals surface area contributed by atoms with Gasteiger partial charge in [0.2, 0.25) is 5.91 Å². The molecule has 1 amide bonds. The van der Waals surface area contributed by atoms with E-state index < -0.39 is 15.8 Å². The number of nitrogens with zero attached hydrogens (tertiary/aromatic N) is 1. The van der Waals surface area contributed by atoms with Gasteiger partial charge in [-0.1, -0.05) is 0 Å². The van der Waals surface area contributed by atoms with E-state index in [0.717, 1.165) is 0 Å². The van der Waals surface area contributed by atoms with E-state index in [9.17, 15) is 13.2 Å². The highest BCUT2D eigenvalue weighted by atomic mass is 32.2. The first-order valence-corrected chi connectivity index (χ1v) is 6.72. The molecule has 0 bridgehead atoms. The Bertz CT molecular complexity index is 369. The predicted octanol–water partition coefficient (Wildman–Crippen LogP) is -0.159. The number of hydrogen-bond acceptors (Lipinski definition) is 4. The van der Waals surface area contributed by atoms with Crippen molar-refractivity contribution >= 4 is 15.7 Å². The Labute approximate surface area is 89.4 Å². The van der Waals surface area contributed by atoms with E-state index in [1.165, 1.54) is 0 Å². The van der Waals surface area contributed by atoms with Gasteiger partial charge >= 0.3 is 0 Å². The van der Waals surface area contributed by atoms with E-state index in [2.05, 4.69) is 5.32 Å². The van der Waals surface area contributed by atoms with Crippen molar-refractivity contribution < 1.29 is 13.2 Å². The molecule has 0 aromatic rings. The molecule has 0 spiro atoms. The lowest BCUT2D eigenvalue weighted by molar-refractivity contribution is -0.124. The third-order valence-electron chi connectivity index (χ3n) is 2.37. The quantitative estimate of drug-likeness (QED) is 0.680. The van der Waals surface area contributed by atoms with Crippen molar-refractivity contribution in [2.24, 2.45) is 5.92 Å². The molecule has 1 unspecified atom stereocenters. The second-order valence-electron chi connectivity index (χ2n) is 3.65. The summed E-state index contributed by atoms with van der Waals surface area (Å²) in [5.41, 5.74) is 0. The molecule has 84 valence electrons. The number of nitrogens with one attached hydrogen (secondary N) is 1. The van der Waals surface area contributed by atoms with Crippen molar-refractivity contribution in [1.82, 2.24) is 5.32 Å². The van der Waals surface area contributed by atoms with E-state index in [0.29, 0.717) is 25.8 Å². The maximum atomic E-state index is 11.4. The first-order chi connectivity index (χ1) is 7.05. The van der Waals surface area contributed by atoms with E-state index in [1.54, 1.807) is 0 Å². The Balaban J connectivity index is 2.28. The Morgan fingerprint density at radius 1 is 1.53 bits per heavy atom. The van der Waals surface area contributed by atoms with Gasteiger partial charge in [-0.15, -0.1) is 0 Å². The first-order valence-electron chi connectivity index (χ1n) is 4.90. The average Bonchev–Trinajstić information content (AvgIpc) is 2.53. The lowest BCUT2D eigenvalue weighted by Crippen LogP contribution is -2.32. The van der Waals surface area contributed by atoms with Gasteiger partial charge in [-0.05, 0) is 12.8 Å². The van der Waals surface area contributed by atoms with Gasteiger partial charge in [0.1, 0.15) is 0 Å². The van der Waals surface area contributed by atoms with Crippen molar-refractivity contribution in [3.8, 4) is 6.07 Å². The number of carbonyl (C=O) groups is 1. The molecule has 0 radical (unpaired) electrons. The molecule has 0 aromatic carbocycles. The highest BCUT2D eigenvalue weighted by molar-refractivity contribution is 7.91. The molecule has 1 atom stereocenters. The minimum atomic E-state index is -2.99. The zero-order valence-corrected chi connectivity index (χ0v) is 9.22. The fourth-order valence-corrected chi connectivity index (χ4v) is 3.27. The number of amides is 1. The monoisotopic (exact) mass is 230 g/mol. The molecule has 0 aliphatic carbocycles. The summed E-state index contributed by atoms with van der Waals surface area (Å²) < 4.78 is 22.2. The molecule has 1 saturated heterocycles. The molecule has 1 N–H and O–H groups in total. The molecule has 5 nitrogen and oxygen atoms in total. The molecular weight excluding hydrogens is 216 g/mol. The van der Waals surface area contributed by atoms with Crippen LogP contribution in [0.25, 0.3) is 0 Å². The summed E-state index contributed by atoms with van der Waals surface area (Å²) >= 11 is 0. The third kappa shape index (κ3) is 3.88. The van der Waals surface area contributed by atoms with E-state index >= 15 is 0 Å². The minimum Gasteiger partial charge on any atom is -0.356 e. The predicted molar refractivity (Wildman–Crippen MR) is 54.6 cm³/mol. The van der Waals surface area contributed by atoms with E-state index in [1.807, 2.05) is 6.07 Å². The highest BCUT2D eigenvalue weighted by Gasteiger charge is 2.32. The van der Waals surface area contributed by atoms with Crippen LogP contribution in [0.15, 0.2) is 0 Å². The Morgan fingerprint density at radius 2 is 2.27 bits per heavy atom. The number of rotatable bonds is 4. The maximum Gasteiger partial charge on any atom is 0.224 e. The van der Waals surface area contributed by atoms with Crippen LogP contribution in [-0.4, -0.2) is 32.4 Å². The van der Waals surface area contributed by atoms with Gasteiger partial charge in [0.25, 0.3) is 0 Å². The molecule has 1 fully saturated rings. The van der Waals surface area contributed by atoms with Crippen molar-refractivity contribution in [3.05, 3.63) is 0 Å². The molecule has 6 heteroatoms. The van der Waals surface area contributed by atoms with Crippen LogP contribution < -0.4 is 5.32 Å². The average molecular weight is 230 g/mol. The van der Waals surface area contributed by atoms with Crippen molar-refractivity contribution in [1.29, 1.82) is 5.26 Å². The minimum absolute atomic E-state index is 0.0307. The summed E-state index contributed by atoms with van der Waals surface area (Å²) in [6.07, 6.45) is 1.44. The number of hydrogen-bond donors (Lipinski definition) is 1. The Hall–Kier alpha value is -1.09. The molecule has 15 heavy (non-hydrogen) atoms. The summed E-state index contributed by atoms with van der Waals surface area (Å²) in [6, 6.07) is 1.98. The van der Waals surface area contributed by atoms with Gasteiger partial charge in [0.05, 0.1) is 23.5 Å². The van der Waals surface area contributed by atoms with Crippen LogP contribution in [0.3, 0.4) is 0 Å². The van der Waals surface area contributed by atoms with Crippen molar-refractivity contribution in [2.75, 3.05) is 18.1 Å². The summed E-state index contributed by atoms with van der Waals surface area (Å²) in [4.78, 5) is 11.4. The topological polar surface area (TPSA) is 87.0 Å². The standard InChI is InChI=1S/C9H14N2O3S/c10-4-1-2-5-11-9(12)8-3-6-15(13,14)7-8/h8H,1-3,5-7H2,(H,11,12). The highest BCUT2D eigenvalue weighted by Crippen LogP contribution is 2.18. The van der Waals surface area contributed by atoms with Crippen LogP contribution in [-0.2, 0) is 14.6 Å². The van der Waals surface area contributed by atoms with Crippen LogP contribution in [0.4, 0.5) is 0 Å². The molecule has 0 saturated carbocycles. The Morgan fingerprint density at radius 3 is 2.80 bits per heavy atom. The zero-order valence-electron chi connectivity index (χ0n) is 8.40. The molecule has 1 aliphatic heterocycles. The normalized spacial score (nSPS) is 23.3. The second kappa shape index (κ2) is 5.12. The SMILES string of the molecule is N#CCCCNC(=O)C1CCS(=O)(=O)C1. The van der Waals surface area contributed by atoms with E-state index in [4.69, 9.17) is 5.26 Å². The van der Waals surface area contributed by atoms with Gasteiger partial charge in [-0.3, -0.25) is 4.79 Å². The molecule has 1 rings (SSSR count). The summed E-state index contributed by atoms with van der Waals surface area (Å²) in [6.45, 7) is 0.447. The first kappa shape index (κ1) is 12.0. The third-order valence-corrected chi connectivity index (χ3v) is 4.14. The van der Waals surface area contributed by atoms with Gasteiger partial charge in [0, 0.05) is 13.0 Å². The molecular formula is C9H14N2O3S. The number of sulfone groups is 1. The van der Waals surface area contributed by atoms with Gasteiger partial charge < -0.3 is 5.32 Å². The number of unbranched alkanes of at least 4 members (excludes halogenated alkanes) is 1. The van der Waals surface area contributed by atoms with Crippen LogP contribution in [0.5, 0.6) is 0 Å². The van der Waals surface area contributed by atoms with Crippen molar-refractivity contribution in [2.45, 2.75) is 19.3 Å². The maximum absolute atomic E-state index is 11.4. The second-order valence-corrected chi connectivity index (χ2v) is 5.88. The number of carbonyl (C=O) groups excluding carboxylic acids is 1. The fraction of sp³-hybridized carbons (Fsp3) is 0.778. The largest absolute Gasteiger partial charge is 0.356 e. The molecule has 1 heterocycles. The van der Waals surface area contributed by atoms with Crippen LogP contribution in [0.2, 0.25) is 0 Å². The Kier molecular flexibility index (Phi) is 4.09. The smallest absolute Gasteiger partial charge is 0.224 e. The van der Waals surface area contributed by atoms with E-state index in [-0.39, 0.29) is 17.4 Å². The summed E-state index contributed by atoms with van der Waals surface area (Å²) in [5.74, 6) is -0.508. The summed E-state index contributed by atoms with van der Waals surface area (Å²) in [7, 11) is -2.99. The molecule has 1 aliphatic rings. The lowest BCUT2D eigenvalue weighted by atomic mass is 10.1. The van der Waals surface area contributed by atoms with Gasteiger partial charge in [0.15, 0.2) is 9.84 Å². The molecule has 0 aromatic heterocycles. The van der Waals surface area contributed by atoms with Crippen molar-refractivity contribution in [3.63, 3.8) is 0 Å². The van der Waals surface area contributed by atoms with Gasteiger partial charge in [-0.25, -0.2) is 8.42 Å². The van der Waals surface area contributed by atoms with Crippen LogP contribution >= 0.6 is 0 Å². The fourth-order valence-electron chi connectivity index (χ4n) is 1.53. The zero-order chi connectivity index (χ0) is 11.3. The lowest BCUT2D eigenvalue weighted by Gasteiger charge is -2.07. The van der Waals surface area contributed by atoms with Crippen LogP contribution in [0, 0.1) is 17.2 Å². The number of nitriles is 1.